The highest BCUT2D eigenvalue weighted by Gasteiger charge is 2.23. The highest BCUT2D eigenvalue weighted by molar-refractivity contribution is 6.11. The summed E-state index contributed by atoms with van der Waals surface area (Å²) in [6.45, 7) is 0.0433. The predicted molar refractivity (Wildman–Crippen MR) is 180 cm³/mol. The number of ether oxygens (including phenoxy) is 2. The van der Waals surface area contributed by atoms with Crippen LogP contribution in [0.25, 0.3) is 17.1 Å². The van der Waals surface area contributed by atoms with Crippen molar-refractivity contribution >= 4 is 36.2 Å². The Hall–Kier alpha value is -6.76. The number of nitrogens with one attached hydrogen (secondary N) is 4. The van der Waals surface area contributed by atoms with Crippen LogP contribution in [-0.2, 0) is 22.7 Å². The van der Waals surface area contributed by atoms with Gasteiger partial charge in [-0.2, -0.15) is 0 Å². The van der Waals surface area contributed by atoms with Gasteiger partial charge in [-0.3, -0.25) is 14.2 Å². The molecule has 0 aliphatic heterocycles. The molecule has 13 nitrogen and oxygen atoms in total. The molecule has 2 atom stereocenters. The first-order valence-electron chi connectivity index (χ1n) is 15.0. The van der Waals surface area contributed by atoms with Crippen molar-refractivity contribution in [2.75, 3.05) is 0 Å². The first-order valence-corrected chi connectivity index (χ1v) is 15.0. The van der Waals surface area contributed by atoms with E-state index >= 15 is 0 Å². The van der Waals surface area contributed by atoms with Gasteiger partial charge in [-0.1, -0.05) is 84.9 Å². The lowest BCUT2D eigenvalue weighted by Crippen LogP contribution is -2.42. The molecule has 0 spiro atoms. The second-order valence-corrected chi connectivity index (χ2v) is 10.6. The first-order chi connectivity index (χ1) is 23.9. The fourth-order valence-corrected chi connectivity index (χ4v) is 4.70. The zero-order chi connectivity index (χ0) is 34.6. The van der Waals surface area contributed by atoms with E-state index in [4.69, 9.17) is 20.3 Å². The van der Waals surface area contributed by atoms with E-state index in [9.17, 15) is 19.2 Å². The SMILES string of the molecule is N=C[C@H](NC(=O)OCc1ccccc1)C(=O)c1ccc(-c2nncn2-c2ccc(C(=O)[C@H](C=N)NC(=O)OCc3ccccc3)cc2)cc1. The van der Waals surface area contributed by atoms with Crippen LogP contribution >= 0.6 is 0 Å². The van der Waals surface area contributed by atoms with E-state index in [0.717, 1.165) is 23.6 Å². The van der Waals surface area contributed by atoms with E-state index in [1.807, 2.05) is 36.4 Å². The van der Waals surface area contributed by atoms with E-state index in [1.54, 1.807) is 77.4 Å². The molecular formula is C36H31N7O6. The lowest BCUT2D eigenvalue weighted by atomic mass is 10.0. The largest absolute Gasteiger partial charge is 0.445 e. The maximum absolute atomic E-state index is 13.1. The third kappa shape index (κ3) is 8.74. The lowest BCUT2D eigenvalue weighted by Gasteiger charge is -2.14. The van der Waals surface area contributed by atoms with Gasteiger partial charge in [0.2, 0.25) is 0 Å². The standard InChI is InChI=1S/C36H31N7O6/c37-19-30(40-35(46)48-21-24-7-3-1-4-8-24)32(44)26-11-13-28(14-12-26)34-42-39-23-43(34)29-17-15-27(16-18-29)33(45)31(20-38)41-36(47)49-22-25-9-5-2-6-10-25/h1-20,23,30-31,37-38H,21-22H2,(H,40,46)(H,41,47)/t30-,31-/m0/s1. The minimum absolute atomic E-state index is 0.0213. The Balaban J connectivity index is 1.20. The Labute approximate surface area is 280 Å². The van der Waals surface area contributed by atoms with Crippen LogP contribution in [0.5, 0.6) is 0 Å². The van der Waals surface area contributed by atoms with E-state index in [2.05, 4.69) is 20.8 Å². The second-order valence-electron chi connectivity index (χ2n) is 10.6. The van der Waals surface area contributed by atoms with Crippen LogP contribution in [0.15, 0.2) is 116 Å². The number of benzene rings is 4. The Morgan fingerprint density at radius 1 is 0.653 bits per heavy atom. The van der Waals surface area contributed by atoms with Crippen molar-refractivity contribution in [3.05, 3.63) is 138 Å². The molecule has 0 radical (unpaired) electrons. The summed E-state index contributed by atoms with van der Waals surface area (Å²) in [5.41, 5.74) is 3.33. The number of alkyl carbamates (subject to hydrolysis) is 2. The van der Waals surface area contributed by atoms with Gasteiger partial charge in [0.25, 0.3) is 0 Å². The fraction of sp³-hybridized carbons (Fsp3) is 0.111. The first kappa shape index (κ1) is 33.6. The number of aromatic nitrogens is 3. The van der Waals surface area contributed by atoms with Crippen molar-refractivity contribution in [3.8, 4) is 17.1 Å². The number of hydrogen-bond acceptors (Lipinski definition) is 10. The van der Waals surface area contributed by atoms with E-state index < -0.39 is 35.8 Å². The van der Waals surface area contributed by atoms with Crippen molar-refractivity contribution in [3.63, 3.8) is 0 Å². The third-order valence-corrected chi connectivity index (χ3v) is 7.28. The highest BCUT2D eigenvalue weighted by atomic mass is 16.6. The van der Waals surface area contributed by atoms with Gasteiger partial charge in [-0.15, -0.1) is 10.2 Å². The summed E-state index contributed by atoms with van der Waals surface area (Å²) in [4.78, 5) is 50.6. The molecular weight excluding hydrogens is 626 g/mol. The van der Waals surface area contributed by atoms with Crippen molar-refractivity contribution in [2.45, 2.75) is 25.3 Å². The molecule has 5 aromatic rings. The molecule has 1 aromatic heterocycles. The Morgan fingerprint density at radius 3 is 1.55 bits per heavy atom. The average Bonchev–Trinajstić information content (AvgIpc) is 3.65. The van der Waals surface area contributed by atoms with Gasteiger partial charge in [0.1, 0.15) is 31.6 Å². The number of ketones is 2. The molecule has 13 heteroatoms. The van der Waals surface area contributed by atoms with Gasteiger partial charge in [0.05, 0.1) is 0 Å². The van der Waals surface area contributed by atoms with E-state index in [0.29, 0.717) is 17.1 Å². The number of nitrogens with zero attached hydrogens (tertiary/aromatic N) is 3. The quantitative estimate of drug-likeness (QED) is 0.0927. The van der Waals surface area contributed by atoms with Crippen molar-refractivity contribution < 1.29 is 28.7 Å². The summed E-state index contributed by atoms with van der Waals surface area (Å²) < 4.78 is 12.0. The van der Waals surface area contributed by atoms with Crippen LogP contribution in [0.2, 0.25) is 0 Å². The van der Waals surface area contributed by atoms with Gasteiger partial charge in [-0.25, -0.2) is 9.59 Å². The van der Waals surface area contributed by atoms with Crippen LogP contribution in [0.4, 0.5) is 9.59 Å². The maximum atomic E-state index is 13.1. The molecule has 0 saturated heterocycles. The number of amides is 2. The Morgan fingerprint density at radius 2 is 1.10 bits per heavy atom. The summed E-state index contributed by atoms with van der Waals surface area (Å²) in [6.07, 6.45) is 1.52. The predicted octanol–water partition coefficient (Wildman–Crippen LogP) is 5.19. The maximum Gasteiger partial charge on any atom is 0.408 e. The highest BCUT2D eigenvalue weighted by Crippen LogP contribution is 2.22. The van der Waals surface area contributed by atoms with Gasteiger partial charge >= 0.3 is 12.2 Å². The lowest BCUT2D eigenvalue weighted by molar-refractivity contribution is 0.0947. The number of carbonyl (C=O) groups excluding carboxylic acids is 4. The topological polar surface area (TPSA) is 189 Å². The summed E-state index contributed by atoms with van der Waals surface area (Å²) in [5, 5.41) is 28.4. The van der Waals surface area contributed by atoms with Crippen molar-refractivity contribution in [2.24, 2.45) is 0 Å². The molecule has 0 aliphatic carbocycles. The molecule has 1 heterocycles. The Kier molecular flexibility index (Phi) is 11.1. The smallest absolute Gasteiger partial charge is 0.408 e. The molecule has 4 N–H and O–H groups in total. The third-order valence-electron chi connectivity index (χ3n) is 7.28. The summed E-state index contributed by atoms with van der Waals surface area (Å²) in [5.74, 6) is -0.545. The summed E-state index contributed by atoms with van der Waals surface area (Å²) in [7, 11) is 0. The van der Waals surface area contributed by atoms with Crippen LogP contribution in [0, 0.1) is 10.8 Å². The van der Waals surface area contributed by atoms with Crippen LogP contribution in [0.3, 0.4) is 0 Å². The monoisotopic (exact) mass is 657 g/mol. The van der Waals surface area contributed by atoms with Gasteiger partial charge in [-0.05, 0) is 35.4 Å². The number of Topliss-reactive ketones (excluding diaryl/α,β-unsaturated/α-hetero) is 2. The molecule has 246 valence electrons. The van der Waals surface area contributed by atoms with E-state index in [-0.39, 0.29) is 24.3 Å². The number of hydrogen-bond donors (Lipinski definition) is 4. The fourth-order valence-electron chi connectivity index (χ4n) is 4.70. The summed E-state index contributed by atoms with van der Waals surface area (Å²) in [6, 6.07) is 28.6. The molecule has 0 aliphatic rings. The normalized spacial score (nSPS) is 11.8. The zero-order valence-corrected chi connectivity index (χ0v) is 26.0. The minimum atomic E-state index is -1.22. The van der Waals surface area contributed by atoms with Crippen LogP contribution in [-0.4, -0.2) is 63.0 Å². The summed E-state index contributed by atoms with van der Waals surface area (Å²) >= 11 is 0. The number of rotatable bonds is 14. The van der Waals surface area contributed by atoms with Crippen LogP contribution < -0.4 is 10.6 Å². The van der Waals surface area contributed by atoms with Gasteiger partial charge in [0, 0.05) is 34.8 Å². The Bertz CT molecular complexity index is 1790. The molecule has 5 rings (SSSR count). The molecule has 0 bridgehead atoms. The molecule has 4 aromatic carbocycles. The van der Waals surface area contributed by atoms with Crippen molar-refractivity contribution in [1.29, 1.82) is 10.8 Å². The van der Waals surface area contributed by atoms with Gasteiger partial charge in [0.15, 0.2) is 17.4 Å². The van der Waals surface area contributed by atoms with E-state index in [1.165, 1.54) is 6.33 Å². The van der Waals surface area contributed by atoms with Gasteiger partial charge < -0.3 is 30.9 Å². The zero-order valence-electron chi connectivity index (χ0n) is 26.0. The molecule has 2 amide bonds. The molecule has 0 saturated carbocycles. The average molecular weight is 658 g/mol. The second kappa shape index (κ2) is 16.2. The molecule has 49 heavy (non-hydrogen) atoms. The van der Waals surface area contributed by atoms with Crippen LogP contribution in [0.1, 0.15) is 31.8 Å². The minimum Gasteiger partial charge on any atom is -0.445 e. The molecule has 0 fully saturated rings. The molecule has 0 unspecified atom stereocenters. The van der Waals surface area contributed by atoms with Crippen molar-refractivity contribution in [1.82, 2.24) is 25.4 Å². The number of carbonyl (C=O) groups is 4.